The van der Waals surface area contributed by atoms with Crippen molar-refractivity contribution in [2.75, 3.05) is 0 Å². The molecule has 1 nitrogen and oxygen atoms in total. The van der Waals surface area contributed by atoms with Crippen molar-refractivity contribution in [2.45, 2.75) is 12.8 Å². The molecule has 0 spiro atoms. The standard InChI is InChI=1S/C9H9FO/c1-7(6-11)8-4-2-3-5-9(8)10/h2-7H,1H3. The normalized spacial score (nSPS) is 12.5. The van der Waals surface area contributed by atoms with E-state index in [9.17, 15) is 9.18 Å². The molecule has 0 amide bonds. The summed E-state index contributed by atoms with van der Waals surface area (Å²) in [6.45, 7) is 1.67. The molecule has 0 heterocycles. The summed E-state index contributed by atoms with van der Waals surface area (Å²) in [5.74, 6) is -0.664. The van der Waals surface area contributed by atoms with Gasteiger partial charge in [0.2, 0.25) is 0 Å². The molecular weight excluding hydrogens is 143 g/mol. The highest BCUT2D eigenvalue weighted by atomic mass is 19.1. The Labute approximate surface area is 64.9 Å². The van der Waals surface area contributed by atoms with E-state index in [-0.39, 0.29) is 11.7 Å². The summed E-state index contributed by atoms with van der Waals surface area (Å²) < 4.78 is 12.9. The van der Waals surface area contributed by atoms with Crippen molar-refractivity contribution in [1.29, 1.82) is 0 Å². The molecule has 0 fully saturated rings. The first-order valence-electron chi connectivity index (χ1n) is 3.45. The monoisotopic (exact) mass is 152 g/mol. The summed E-state index contributed by atoms with van der Waals surface area (Å²) in [5, 5.41) is 0. The molecule has 0 N–H and O–H groups in total. The van der Waals surface area contributed by atoms with Gasteiger partial charge in [0.25, 0.3) is 0 Å². The predicted octanol–water partition coefficient (Wildman–Crippen LogP) is 2.13. The molecule has 0 radical (unpaired) electrons. The van der Waals surface area contributed by atoms with Crippen molar-refractivity contribution in [2.24, 2.45) is 0 Å². The van der Waals surface area contributed by atoms with Crippen molar-refractivity contribution in [3.63, 3.8) is 0 Å². The number of aldehydes is 1. The van der Waals surface area contributed by atoms with Crippen LogP contribution in [0.2, 0.25) is 0 Å². The van der Waals surface area contributed by atoms with Gasteiger partial charge in [-0.15, -0.1) is 0 Å². The number of carbonyl (C=O) groups excluding carboxylic acids is 1. The minimum Gasteiger partial charge on any atom is -0.303 e. The fourth-order valence-electron chi connectivity index (χ4n) is 0.918. The molecule has 0 saturated carbocycles. The molecule has 0 aliphatic rings. The first-order valence-corrected chi connectivity index (χ1v) is 3.45. The minimum absolute atomic E-state index is 0.313. The van der Waals surface area contributed by atoms with E-state index in [1.54, 1.807) is 25.1 Å². The van der Waals surface area contributed by atoms with Crippen molar-refractivity contribution in [1.82, 2.24) is 0 Å². The Morgan fingerprint density at radius 2 is 2.09 bits per heavy atom. The Morgan fingerprint density at radius 1 is 1.45 bits per heavy atom. The zero-order valence-corrected chi connectivity index (χ0v) is 6.25. The summed E-state index contributed by atoms with van der Waals surface area (Å²) in [7, 11) is 0. The number of hydrogen-bond donors (Lipinski definition) is 0. The van der Waals surface area contributed by atoms with E-state index in [1.165, 1.54) is 6.07 Å². The van der Waals surface area contributed by atoms with Gasteiger partial charge in [0.1, 0.15) is 12.1 Å². The molecule has 0 aliphatic heterocycles. The number of halogens is 1. The number of benzene rings is 1. The Bertz CT molecular complexity index is 257. The van der Waals surface area contributed by atoms with Crippen molar-refractivity contribution >= 4 is 6.29 Å². The molecule has 0 aromatic heterocycles. The Balaban J connectivity index is 3.02. The molecular formula is C9H9FO. The molecule has 1 unspecified atom stereocenters. The molecule has 1 atom stereocenters. The van der Waals surface area contributed by atoms with Crippen LogP contribution in [0.15, 0.2) is 24.3 Å². The van der Waals surface area contributed by atoms with E-state index in [1.807, 2.05) is 0 Å². The zero-order chi connectivity index (χ0) is 8.27. The second kappa shape index (κ2) is 3.28. The van der Waals surface area contributed by atoms with Crippen LogP contribution >= 0.6 is 0 Å². The van der Waals surface area contributed by atoms with E-state index in [4.69, 9.17) is 0 Å². The van der Waals surface area contributed by atoms with Crippen LogP contribution in [-0.4, -0.2) is 6.29 Å². The predicted molar refractivity (Wildman–Crippen MR) is 40.9 cm³/mol. The van der Waals surface area contributed by atoms with E-state index in [2.05, 4.69) is 0 Å². The quantitative estimate of drug-likeness (QED) is 0.593. The maximum absolute atomic E-state index is 12.9. The minimum atomic E-state index is -0.351. The van der Waals surface area contributed by atoms with Gasteiger partial charge in [0.15, 0.2) is 0 Å². The average molecular weight is 152 g/mol. The number of rotatable bonds is 2. The third kappa shape index (κ3) is 1.64. The van der Waals surface area contributed by atoms with E-state index in [0.29, 0.717) is 5.56 Å². The molecule has 0 aliphatic carbocycles. The average Bonchev–Trinajstić information content (AvgIpc) is 2.04. The number of hydrogen-bond acceptors (Lipinski definition) is 1. The van der Waals surface area contributed by atoms with Gasteiger partial charge in [-0.2, -0.15) is 0 Å². The SMILES string of the molecule is CC(C=O)c1ccccc1F. The molecule has 0 saturated heterocycles. The molecule has 11 heavy (non-hydrogen) atoms. The lowest BCUT2D eigenvalue weighted by Gasteiger charge is -2.03. The van der Waals surface area contributed by atoms with Gasteiger partial charge in [0, 0.05) is 5.92 Å². The largest absolute Gasteiger partial charge is 0.303 e. The zero-order valence-electron chi connectivity index (χ0n) is 6.25. The smallest absolute Gasteiger partial charge is 0.127 e. The van der Waals surface area contributed by atoms with Crippen molar-refractivity contribution < 1.29 is 9.18 Å². The third-order valence-electron chi connectivity index (χ3n) is 1.60. The number of carbonyl (C=O) groups is 1. The lowest BCUT2D eigenvalue weighted by Crippen LogP contribution is -1.97. The first-order chi connectivity index (χ1) is 5.25. The molecule has 1 rings (SSSR count). The van der Waals surface area contributed by atoms with Crippen LogP contribution < -0.4 is 0 Å². The fraction of sp³-hybridized carbons (Fsp3) is 0.222. The highest BCUT2D eigenvalue weighted by Crippen LogP contribution is 2.15. The Hall–Kier alpha value is -1.18. The van der Waals surface area contributed by atoms with Crippen molar-refractivity contribution in [3.8, 4) is 0 Å². The van der Waals surface area contributed by atoms with Gasteiger partial charge in [-0.25, -0.2) is 4.39 Å². The van der Waals surface area contributed by atoms with Crippen LogP contribution in [0.5, 0.6) is 0 Å². The molecule has 1 aromatic carbocycles. The fourth-order valence-corrected chi connectivity index (χ4v) is 0.918. The van der Waals surface area contributed by atoms with Gasteiger partial charge in [-0.05, 0) is 11.6 Å². The van der Waals surface area contributed by atoms with Crippen LogP contribution in [-0.2, 0) is 4.79 Å². The Morgan fingerprint density at radius 3 is 2.64 bits per heavy atom. The molecule has 58 valence electrons. The van der Waals surface area contributed by atoms with Gasteiger partial charge in [-0.3, -0.25) is 0 Å². The van der Waals surface area contributed by atoms with Gasteiger partial charge in [0.05, 0.1) is 0 Å². The maximum Gasteiger partial charge on any atom is 0.127 e. The van der Waals surface area contributed by atoms with Crippen molar-refractivity contribution in [3.05, 3.63) is 35.6 Å². The summed E-state index contributed by atoms with van der Waals surface area (Å²) >= 11 is 0. The van der Waals surface area contributed by atoms with Crippen LogP contribution in [0.25, 0.3) is 0 Å². The molecule has 2 heteroatoms. The second-order valence-corrected chi connectivity index (χ2v) is 2.45. The van der Waals surface area contributed by atoms with E-state index >= 15 is 0 Å². The topological polar surface area (TPSA) is 17.1 Å². The van der Waals surface area contributed by atoms with Gasteiger partial charge < -0.3 is 4.79 Å². The Kier molecular flexibility index (Phi) is 2.36. The highest BCUT2D eigenvalue weighted by Gasteiger charge is 2.07. The summed E-state index contributed by atoms with van der Waals surface area (Å²) in [6.07, 6.45) is 0.735. The van der Waals surface area contributed by atoms with E-state index < -0.39 is 0 Å². The maximum atomic E-state index is 12.9. The summed E-state index contributed by atoms with van der Waals surface area (Å²) in [4.78, 5) is 10.3. The highest BCUT2D eigenvalue weighted by molar-refractivity contribution is 5.61. The lowest BCUT2D eigenvalue weighted by molar-refractivity contribution is -0.108. The van der Waals surface area contributed by atoms with Crippen LogP contribution in [0.3, 0.4) is 0 Å². The first kappa shape index (κ1) is 7.92. The summed E-state index contributed by atoms with van der Waals surface area (Å²) in [6, 6.07) is 6.30. The lowest BCUT2D eigenvalue weighted by atomic mass is 10.0. The second-order valence-electron chi connectivity index (χ2n) is 2.45. The van der Waals surface area contributed by atoms with Gasteiger partial charge >= 0.3 is 0 Å². The van der Waals surface area contributed by atoms with Crippen LogP contribution in [0.1, 0.15) is 18.4 Å². The molecule has 1 aromatic rings. The van der Waals surface area contributed by atoms with Crippen LogP contribution in [0.4, 0.5) is 4.39 Å². The molecule has 0 bridgehead atoms. The van der Waals surface area contributed by atoms with E-state index in [0.717, 1.165) is 6.29 Å². The van der Waals surface area contributed by atoms with Gasteiger partial charge in [-0.1, -0.05) is 25.1 Å². The third-order valence-corrected chi connectivity index (χ3v) is 1.60. The van der Waals surface area contributed by atoms with Crippen LogP contribution in [0, 0.1) is 5.82 Å². The summed E-state index contributed by atoms with van der Waals surface area (Å²) in [5.41, 5.74) is 0.461.